The standard InChI is InChI=1S/C12H26N2/c1-7-13-8-11(4)12(5)14(6)9-10(2)3/h11-13H,2,7-9H2,1,3-6H3. The maximum absolute atomic E-state index is 3.94. The predicted octanol–water partition coefficient (Wildman–Crippen LogP) is 2.13. The van der Waals surface area contributed by atoms with Crippen LogP contribution in [-0.2, 0) is 0 Å². The van der Waals surface area contributed by atoms with Crippen molar-refractivity contribution in [2.45, 2.75) is 33.7 Å². The summed E-state index contributed by atoms with van der Waals surface area (Å²) in [6, 6.07) is 0.603. The average molecular weight is 198 g/mol. The molecule has 0 spiro atoms. The van der Waals surface area contributed by atoms with Gasteiger partial charge in [-0.2, -0.15) is 0 Å². The zero-order valence-electron chi connectivity index (χ0n) is 10.4. The lowest BCUT2D eigenvalue weighted by molar-refractivity contribution is 0.211. The topological polar surface area (TPSA) is 15.3 Å². The van der Waals surface area contributed by atoms with Gasteiger partial charge in [-0.05, 0) is 39.9 Å². The Bertz CT molecular complexity index is 166. The molecule has 14 heavy (non-hydrogen) atoms. The highest BCUT2D eigenvalue weighted by Crippen LogP contribution is 2.09. The van der Waals surface area contributed by atoms with E-state index >= 15 is 0 Å². The van der Waals surface area contributed by atoms with E-state index in [4.69, 9.17) is 0 Å². The minimum atomic E-state index is 0.603. The monoisotopic (exact) mass is 198 g/mol. The zero-order chi connectivity index (χ0) is 11.1. The Morgan fingerprint density at radius 3 is 2.43 bits per heavy atom. The van der Waals surface area contributed by atoms with Crippen molar-refractivity contribution in [3.63, 3.8) is 0 Å². The highest BCUT2D eigenvalue weighted by Gasteiger charge is 2.15. The first-order valence-electron chi connectivity index (χ1n) is 5.54. The van der Waals surface area contributed by atoms with Gasteiger partial charge in [-0.25, -0.2) is 0 Å². The molecule has 1 N–H and O–H groups in total. The Balaban J connectivity index is 3.89. The third kappa shape index (κ3) is 5.40. The third-order valence-electron chi connectivity index (χ3n) is 2.75. The zero-order valence-corrected chi connectivity index (χ0v) is 10.4. The summed E-state index contributed by atoms with van der Waals surface area (Å²) in [6.07, 6.45) is 0. The molecule has 0 saturated carbocycles. The lowest BCUT2D eigenvalue weighted by atomic mass is 10.0. The van der Waals surface area contributed by atoms with Crippen molar-refractivity contribution in [1.82, 2.24) is 10.2 Å². The van der Waals surface area contributed by atoms with Crippen molar-refractivity contribution in [1.29, 1.82) is 0 Å². The van der Waals surface area contributed by atoms with Crippen molar-refractivity contribution in [3.8, 4) is 0 Å². The molecule has 0 heterocycles. The van der Waals surface area contributed by atoms with Crippen molar-refractivity contribution >= 4 is 0 Å². The molecule has 2 atom stereocenters. The molecular formula is C12H26N2. The summed E-state index contributed by atoms with van der Waals surface area (Å²) >= 11 is 0. The lowest BCUT2D eigenvalue weighted by Crippen LogP contribution is -2.39. The van der Waals surface area contributed by atoms with Crippen LogP contribution in [0.3, 0.4) is 0 Å². The first kappa shape index (κ1) is 13.7. The molecule has 84 valence electrons. The van der Waals surface area contributed by atoms with E-state index in [-0.39, 0.29) is 0 Å². The maximum atomic E-state index is 3.94. The minimum absolute atomic E-state index is 0.603. The van der Waals surface area contributed by atoms with Crippen molar-refractivity contribution in [2.75, 3.05) is 26.7 Å². The van der Waals surface area contributed by atoms with Gasteiger partial charge < -0.3 is 5.32 Å². The van der Waals surface area contributed by atoms with Gasteiger partial charge in [-0.15, -0.1) is 0 Å². The molecule has 0 aliphatic carbocycles. The van der Waals surface area contributed by atoms with Gasteiger partial charge in [0.25, 0.3) is 0 Å². The summed E-state index contributed by atoms with van der Waals surface area (Å²) in [5.74, 6) is 0.680. The Labute approximate surface area is 89.4 Å². The van der Waals surface area contributed by atoms with Crippen molar-refractivity contribution in [3.05, 3.63) is 12.2 Å². The van der Waals surface area contributed by atoms with E-state index in [0.717, 1.165) is 19.6 Å². The van der Waals surface area contributed by atoms with Crippen LogP contribution in [0.25, 0.3) is 0 Å². The molecule has 0 rings (SSSR count). The summed E-state index contributed by atoms with van der Waals surface area (Å²) in [6.45, 7) is 15.9. The Morgan fingerprint density at radius 2 is 2.00 bits per heavy atom. The Morgan fingerprint density at radius 1 is 1.43 bits per heavy atom. The van der Waals surface area contributed by atoms with Crippen LogP contribution in [0.5, 0.6) is 0 Å². The summed E-state index contributed by atoms with van der Waals surface area (Å²) in [5, 5.41) is 3.39. The van der Waals surface area contributed by atoms with E-state index in [2.05, 4.69) is 51.5 Å². The average Bonchev–Trinajstić information content (AvgIpc) is 2.11. The Hall–Kier alpha value is -0.340. The maximum Gasteiger partial charge on any atom is 0.0187 e. The molecule has 2 heteroatoms. The molecule has 2 unspecified atom stereocenters. The molecule has 0 aromatic carbocycles. The van der Waals surface area contributed by atoms with Crippen molar-refractivity contribution in [2.24, 2.45) is 5.92 Å². The molecule has 0 aliphatic rings. The first-order chi connectivity index (χ1) is 6.49. The van der Waals surface area contributed by atoms with Crippen LogP contribution in [0.4, 0.5) is 0 Å². The van der Waals surface area contributed by atoms with E-state index in [1.165, 1.54) is 5.57 Å². The number of rotatable bonds is 7. The van der Waals surface area contributed by atoms with Crippen molar-refractivity contribution < 1.29 is 0 Å². The third-order valence-corrected chi connectivity index (χ3v) is 2.75. The summed E-state index contributed by atoms with van der Waals surface area (Å²) in [7, 11) is 2.17. The molecular weight excluding hydrogens is 172 g/mol. The van der Waals surface area contributed by atoms with Crippen LogP contribution in [0.2, 0.25) is 0 Å². The fourth-order valence-corrected chi connectivity index (χ4v) is 1.55. The quantitative estimate of drug-likeness (QED) is 0.630. The second-order valence-corrected chi connectivity index (χ2v) is 4.40. The van der Waals surface area contributed by atoms with Gasteiger partial charge in [-0.1, -0.05) is 26.0 Å². The van der Waals surface area contributed by atoms with Gasteiger partial charge in [0.2, 0.25) is 0 Å². The first-order valence-corrected chi connectivity index (χ1v) is 5.54. The number of nitrogens with zero attached hydrogens (tertiary/aromatic N) is 1. The molecule has 2 nitrogen and oxygen atoms in total. The molecule has 0 aromatic heterocycles. The Kier molecular flexibility index (Phi) is 6.85. The van der Waals surface area contributed by atoms with E-state index in [1.807, 2.05) is 0 Å². The van der Waals surface area contributed by atoms with E-state index in [0.29, 0.717) is 12.0 Å². The summed E-state index contributed by atoms with van der Waals surface area (Å²) < 4.78 is 0. The van der Waals surface area contributed by atoms with Crippen LogP contribution < -0.4 is 5.32 Å². The minimum Gasteiger partial charge on any atom is -0.317 e. The van der Waals surface area contributed by atoms with Gasteiger partial charge in [0.1, 0.15) is 0 Å². The van der Waals surface area contributed by atoms with Crippen LogP contribution in [0.15, 0.2) is 12.2 Å². The molecule has 0 aromatic rings. The van der Waals surface area contributed by atoms with Crippen LogP contribution in [-0.4, -0.2) is 37.6 Å². The van der Waals surface area contributed by atoms with Gasteiger partial charge in [0, 0.05) is 12.6 Å². The molecule has 0 radical (unpaired) electrons. The molecule has 0 amide bonds. The lowest BCUT2D eigenvalue weighted by Gasteiger charge is -2.30. The van der Waals surface area contributed by atoms with Crippen LogP contribution in [0.1, 0.15) is 27.7 Å². The van der Waals surface area contributed by atoms with Gasteiger partial charge >= 0.3 is 0 Å². The van der Waals surface area contributed by atoms with E-state index in [9.17, 15) is 0 Å². The number of likely N-dealkylation sites (N-methyl/N-ethyl adjacent to an activating group) is 1. The molecule has 0 bridgehead atoms. The fourth-order valence-electron chi connectivity index (χ4n) is 1.55. The van der Waals surface area contributed by atoms with Crippen LogP contribution in [0, 0.1) is 5.92 Å². The van der Waals surface area contributed by atoms with Gasteiger partial charge in [-0.3, -0.25) is 4.90 Å². The van der Waals surface area contributed by atoms with Crippen LogP contribution >= 0.6 is 0 Å². The highest BCUT2D eigenvalue weighted by atomic mass is 15.1. The SMILES string of the molecule is C=C(C)CN(C)C(C)C(C)CNCC. The van der Waals surface area contributed by atoms with Gasteiger partial charge in [0.05, 0.1) is 0 Å². The number of nitrogens with one attached hydrogen (secondary N) is 1. The number of hydrogen-bond donors (Lipinski definition) is 1. The summed E-state index contributed by atoms with van der Waals surface area (Å²) in [4.78, 5) is 2.37. The fraction of sp³-hybridized carbons (Fsp3) is 0.833. The second kappa shape index (κ2) is 7.02. The molecule has 0 saturated heterocycles. The molecule has 0 aliphatic heterocycles. The molecule has 0 fully saturated rings. The number of hydrogen-bond acceptors (Lipinski definition) is 2. The summed E-state index contributed by atoms with van der Waals surface area (Å²) in [5.41, 5.74) is 1.23. The highest BCUT2D eigenvalue weighted by molar-refractivity contribution is 4.92. The predicted molar refractivity (Wildman–Crippen MR) is 64.6 cm³/mol. The largest absolute Gasteiger partial charge is 0.317 e. The second-order valence-electron chi connectivity index (χ2n) is 4.40. The van der Waals surface area contributed by atoms with Gasteiger partial charge in [0.15, 0.2) is 0 Å². The smallest absolute Gasteiger partial charge is 0.0187 e. The van der Waals surface area contributed by atoms with E-state index < -0.39 is 0 Å². The normalized spacial score (nSPS) is 15.6. The van der Waals surface area contributed by atoms with E-state index in [1.54, 1.807) is 0 Å².